The van der Waals surface area contributed by atoms with E-state index in [4.69, 9.17) is 4.98 Å². The third kappa shape index (κ3) is 5.94. The molecule has 0 aliphatic heterocycles. The van der Waals surface area contributed by atoms with E-state index < -0.39 is 0 Å². The van der Waals surface area contributed by atoms with Gasteiger partial charge in [-0.25, -0.2) is 4.98 Å². The number of aliphatic imine (C=N–C) groups is 1. The lowest BCUT2D eigenvalue weighted by Crippen LogP contribution is -1.97. The average molecular weight is 416 g/mol. The molecule has 0 radical (unpaired) electrons. The van der Waals surface area contributed by atoms with Gasteiger partial charge in [-0.05, 0) is 51.0 Å². The minimum absolute atomic E-state index is 0.523. The van der Waals surface area contributed by atoms with Gasteiger partial charge in [0.15, 0.2) is 0 Å². The van der Waals surface area contributed by atoms with E-state index in [0.29, 0.717) is 5.95 Å². The van der Waals surface area contributed by atoms with Crippen molar-refractivity contribution >= 4 is 34.1 Å². The number of hydrogen-bond donors (Lipinski definition) is 2. The number of aromatic amines is 1. The number of aryl methyl sites for hydroxylation is 1. The maximum absolute atomic E-state index is 4.70. The van der Waals surface area contributed by atoms with Crippen LogP contribution in [0.15, 0.2) is 54.0 Å². The summed E-state index contributed by atoms with van der Waals surface area (Å²) in [4.78, 5) is 25.4. The molecule has 0 aliphatic rings. The van der Waals surface area contributed by atoms with E-state index in [1.54, 1.807) is 18.6 Å². The molecule has 0 fully saturated rings. The van der Waals surface area contributed by atoms with Crippen molar-refractivity contribution in [1.29, 1.82) is 0 Å². The highest BCUT2D eigenvalue weighted by molar-refractivity contribution is 5.92. The Morgan fingerprint density at radius 2 is 1.74 bits per heavy atom. The van der Waals surface area contributed by atoms with Crippen LogP contribution in [0, 0.1) is 12.8 Å². The minimum Gasteiger partial charge on any atom is -0.345 e. The van der Waals surface area contributed by atoms with Crippen LogP contribution in [0.1, 0.15) is 40.3 Å². The minimum atomic E-state index is 0.523. The summed E-state index contributed by atoms with van der Waals surface area (Å²) < 4.78 is 0. The average Bonchev–Trinajstić information content (AvgIpc) is 3.13. The summed E-state index contributed by atoms with van der Waals surface area (Å²) in [5, 5.41) is 4.09. The summed E-state index contributed by atoms with van der Waals surface area (Å²) in [7, 11) is 0. The molecule has 7 heteroatoms. The Bertz CT molecular complexity index is 1170. The Labute approximate surface area is 183 Å². The second-order valence-corrected chi connectivity index (χ2v) is 8.11. The molecule has 4 rings (SSSR count). The van der Waals surface area contributed by atoms with Gasteiger partial charge >= 0.3 is 0 Å². The number of fused-ring (bicyclic) bond motifs is 1. The van der Waals surface area contributed by atoms with E-state index in [2.05, 4.69) is 51.0 Å². The quantitative estimate of drug-likeness (QED) is 0.385. The van der Waals surface area contributed by atoms with Crippen LogP contribution in [0.25, 0.3) is 22.3 Å². The normalized spacial score (nSPS) is 10.5. The van der Waals surface area contributed by atoms with Crippen LogP contribution < -0.4 is 5.32 Å². The highest BCUT2D eigenvalue weighted by Crippen LogP contribution is 2.29. The van der Waals surface area contributed by atoms with Crippen molar-refractivity contribution in [2.75, 3.05) is 5.32 Å². The number of nitrogens with one attached hydrogen (secondary N) is 2. The van der Waals surface area contributed by atoms with E-state index in [0.717, 1.165) is 51.0 Å². The summed E-state index contributed by atoms with van der Waals surface area (Å²) in [5.74, 6) is 1.36. The Morgan fingerprint density at radius 3 is 2.39 bits per heavy atom. The molecule has 0 saturated carbocycles. The molecule has 4 aromatic heterocycles. The summed E-state index contributed by atoms with van der Waals surface area (Å²) in [6.45, 7) is 12.4. The van der Waals surface area contributed by atoms with Crippen molar-refractivity contribution in [3.63, 3.8) is 0 Å². The van der Waals surface area contributed by atoms with Crippen LogP contribution in [-0.2, 0) is 0 Å². The second kappa shape index (κ2) is 9.93. The molecule has 0 spiro atoms. The smallest absolute Gasteiger partial charge is 0.229 e. The lowest BCUT2D eigenvalue weighted by molar-refractivity contribution is 0.737. The first-order valence-electron chi connectivity index (χ1n) is 10.3. The lowest BCUT2D eigenvalue weighted by atomic mass is 10.1. The van der Waals surface area contributed by atoms with Crippen molar-refractivity contribution in [2.24, 2.45) is 10.9 Å². The van der Waals surface area contributed by atoms with Gasteiger partial charge in [-0.2, -0.15) is 4.98 Å². The first kappa shape index (κ1) is 22.1. The maximum atomic E-state index is 4.70. The zero-order valence-corrected chi connectivity index (χ0v) is 18.9. The molecule has 2 N–H and O–H groups in total. The monoisotopic (exact) mass is 415 g/mol. The predicted octanol–water partition coefficient (Wildman–Crippen LogP) is 6.24. The van der Waals surface area contributed by atoms with Crippen molar-refractivity contribution in [3.8, 4) is 11.3 Å². The summed E-state index contributed by atoms with van der Waals surface area (Å²) in [6, 6.07) is 7.69. The fourth-order valence-corrected chi connectivity index (χ4v) is 2.81. The molecule has 0 bridgehead atoms. The Kier molecular flexibility index (Phi) is 7.07. The molecule has 0 amide bonds. The van der Waals surface area contributed by atoms with Gasteiger partial charge in [0.25, 0.3) is 0 Å². The zero-order valence-electron chi connectivity index (χ0n) is 18.9. The van der Waals surface area contributed by atoms with Crippen molar-refractivity contribution in [1.82, 2.24) is 24.9 Å². The SMILES string of the molecule is CC(C)=Nc1ccc(-c2c[nH]c3nc(Nc4ccncc4)ncc23)nc1C.CC(C)C. The van der Waals surface area contributed by atoms with E-state index in [1.165, 1.54) is 0 Å². The van der Waals surface area contributed by atoms with E-state index in [1.807, 2.05) is 51.2 Å². The molecule has 0 aliphatic carbocycles. The molecule has 7 nitrogen and oxygen atoms in total. The van der Waals surface area contributed by atoms with Crippen LogP contribution in [0.5, 0.6) is 0 Å². The van der Waals surface area contributed by atoms with Gasteiger partial charge in [0.1, 0.15) is 5.65 Å². The number of nitrogens with zero attached hydrogens (tertiary/aromatic N) is 5. The number of aromatic nitrogens is 5. The molecule has 0 aromatic carbocycles. The van der Waals surface area contributed by atoms with Crippen LogP contribution >= 0.6 is 0 Å². The molecule has 31 heavy (non-hydrogen) atoms. The summed E-state index contributed by atoms with van der Waals surface area (Å²) >= 11 is 0. The number of rotatable bonds is 4. The van der Waals surface area contributed by atoms with Crippen LogP contribution in [0.2, 0.25) is 0 Å². The van der Waals surface area contributed by atoms with E-state index in [-0.39, 0.29) is 0 Å². The molecular formula is C24H29N7. The fraction of sp³-hybridized carbons (Fsp3) is 0.292. The molecule has 0 saturated heterocycles. The highest BCUT2D eigenvalue weighted by Gasteiger charge is 2.11. The first-order chi connectivity index (χ1) is 14.8. The third-order valence-corrected chi connectivity index (χ3v) is 4.05. The first-order valence-corrected chi connectivity index (χ1v) is 10.3. The van der Waals surface area contributed by atoms with Gasteiger partial charge in [-0.3, -0.25) is 15.0 Å². The molecule has 160 valence electrons. The molecule has 0 atom stereocenters. The zero-order chi connectivity index (χ0) is 22.4. The second-order valence-electron chi connectivity index (χ2n) is 8.11. The number of H-pyrrole nitrogens is 1. The third-order valence-electron chi connectivity index (χ3n) is 4.05. The molecule has 0 unspecified atom stereocenters. The lowest BCUT2D eigenvalue weighted by Gasteiger charge is -2.05. The van der Waals surface area contributed by atoms with Gasteiger partial charge in [-0.1, -0.05) is 20.8 Å². The summed E-state index contributed by atoms with van der Waals surface area (Å²) in [5.41, 5.74) is 6.25. The maximum Gasteiger partial charge on any atom is 0.229 e. The van der Waals surface area contributed by atoms with Crippen molar-refractivity contribution in [2.45, 2.75) is 41.5 Å². The largest absolute Gasteiger partial charge is 0.345 e. The van der Waals surface area contributed by atoms with Crippen molar-refractivity contribution in [3.05, 3.63) is 54.7 Å². The van der Waals surface area contributed by atoms with Crippen LogP contribution in [0.3, 0.4) is 0 Å². The van der Waals surface area contributed by atoms with E-state index >= 15 is 0 Å². The van der Waals surface area contributed by atoms with Crippen LogP contribution in [0.4, 0.5) is 17.3 Å². The molecular weight excluding hydrogens is 386 g/mol. The number of anilines is 2. The van der Waals surface area contributed by atoms with Gasteiger partial charge < -0.3 is 10.3 Å². The van der Waals surface area contributed by atoms with Crippen LogP contribution in [-0.4, -0.2) is 30.6 Å². The number of pyridine rings is 2. The predicted molar refractivity (Wildman–Crippen MR) is 128 cm³/mol. The van der Waals surface area contributed by atoms with Gasteiger partial charge in [-0.15, -0.1) is 0 Å². The molecule has 4 aromatic rings. The van der Waals surface area contributed by atoms with Crippen molar-refractivity contribution < 1.29 is 0 Å². The van der Waals surface area contributed by atoms with Gasteiger partial charge in [0, 0.05) is 47.1 Å². The van der Waals surface area contributed by atoms with Gasteiger partial charge in [0.2, 0.25) is 5.95 Å². The van der Waals surface area contributed by atoms with E-state index in [9.17, 15) is 0 Å². The summed E-state index contributed by atoms with van der Waals surface area (Å²) in [6.07, 6.45) is 7.15. The standard InChI is InChI=1S/C20H19N7.C4H10/c1-12(2)24-17-4-5-18(25-13(17)3)15-10-22-19-16(15)11-23-20(27-19)26-14-6-8-21-9-7-14;1-4(2)3/h4-11H,1-3H3,(H2,21,22,23,26,27);4H,1-3H3. The highest BCUT2D eigenvalue weighted by atomic mass is 15.1. The molecule has 4 heterocycles. The number of hydrogen-bond acceptors (Lipinski definition) is 6. The van der Waals surface area contributed by atoms with Gasteiger partial charge in [0.05, 0.1) is 17.1 Å². The fourth-order valence-electron chi connectivity index (χ4n) is 2.81. The topological polar surface area (TPSA) is 91.7 Å². The Hall–Kier alpha value is -3.61. The Morgan fingerprint density at radius 1 is 1.03 bits per heavy atom. The Balaban J connectivity index is 0.000000628.